The third-order valence-electron chi connectivity index (χ3n) is 1.08. The van der Waals surface area contributed by atoms with E-state index in [-0.39, 0.29) is 12.2 Å². The minimum Gasteiger partial charge on any atom is -0.370 e. The van der Waals surface area contributed by atoms with Gasteiger partial charge in [0.25, 0.3) is 0 Å². The Hall–Kier alpha value is -1.19. The first-order chi connectivity index (χ1) is 4.57. The van der Waals surface area contributed by atoms with Crippen molar-refractivity contribution in [2.45, 2.75) is 19.4 Å². The highest BCUT2D eigenvalue weighted by molar-refractivity contribution is 5.88. The van der Waals surface area contributed by atoms with Crippen molar-refractivity contribution in [3.05, 3.63) is 0 Å². The van der Waals surface area contributed by atoms with Gasteiger partial charge in [0.15, 0.2) is 5.78 Å². The standard InChI is InChI=1S/C6H10N2O2/c1-4(9)5(8-2)3-6(7)10/h5H,2-3H2,1H3,(H2,7,10)/t5-/m0/s1. The molecular formula is C6H10N2O2. The van der Waals surface area contributed by atoms with Gasteiger partial charge in [0.2, 0.25) is 5.91 Å². The van der Waals surface area contributed by atoms with Crippen LogP contribution in [0.15, 0.2) is 4.99 Å². The summed E-state index contributed by atoms with van der Waals surface area (Å²) in [5, 5.41) is 0. The molecule has 0 rings (SSSR count). The fourth-order valence-electron chi connectivity index (χ4n) is 0.527. The highest BCUT2D eigenvalue weighted by atomic mass is 16.1. The van der Waals surface area contributed by atoms with Crippen molar-refractivity contribution >= 4 is 18.4 Å². The molecule has 0 aromatic heterocycles. The van der Waals surface area contributed by atoms with Crippen LogP contribution < -0.4 is 5.73 Å². The maximum atomic E-state index is 10.6. The fourth-order valence-corrected chi connectivity index (χ4v) is 0.527. The van der Waals surface area contributed by atoms with Crippen LogP contribution in [0.25, 0.3) is 0 Å². The Labute approximate surface area is 59.1 Å². The lowest BCUT2D eigenvalue weighted by atomic mass is 10.1. The number of ketones is 1. The van der Waals surface area contributed by atoms with Gasteiger partial charge in [-0.05, 0) is 13.6 Å². The van der Waals surface area contributed by atoms with Crippen molar-refractivity contribution in [1.82, 2.24) is 0 Å². The summed E-state index contributed by atoms with van der Waals surface area (Å²) in [6.07, 6.45) is -0.0428. The molecule has 0 saturated carbocycles. The third-order valence-corrected chi connectivity index (χ3v) is 1.08. The maximum absolute atomic E-state index is 10.6. The van der Waals surface area contributed by atoms with Crippen LogP contribution in [0, 0.1) is 0 Å². The van der Waals surface area contributed by atoms with Gasteiger partial charge in [-0.15, -0.1) is 0 Å². The topological polar surface area (TPSA) is 72.5 Å². The van der Waals surface area contributed by atoms with E-state index in [4.69, 9.17) is 5.73 Å². The van der Waals surface area contributed by atoms with Crippen molar-refractivity contribution in [2.24, 2.45) is 10.7 Å². The van der Waals surface area contributed by atoms with E-state index in [1.807, 2.05) is 0 Å². The Morgan fingerprint density at radius 3 is 2.30 bits per heavy atom. The van der Waals surface area contributed by atoms with E-state index in [2.05, 4.69) is 11.7 Å². The molecule has 4 heteroatoms. The highest BCUT2D eigenvalue weighted by Crippen LogP contribution is 1.96. The summed E-state index contributed by atoms with van der Waals surface area (Å²) in [6.45, 7) is 4.51. The van der Waals surface area contributed by atoms with Crippen molar-refractivity contribution in [3.8, 4) is 0 Å². The van der Waals surface area contributed by atoms with Crippen LogP contribution in [0.3, 0.4) is 0 Å². The second kappa shape index (κ2) is 3.76. The molecule has 0 aromatic carbocycles. The summed E-state index contributed by atoms with van der Waals surface area (Å²) in [5.74, 6) is -0.721. The summed E-state index contributed by atoms with van der Waals surface area (Å²) in [5.41, 5.74) is 4.83. The van der Waals surface area contributed by atoms with Crippen molar-refractivity contribution in [3.63, 3.8) is 0 Å². The molecule has 0 heterocycles. The van der Waals surface area contributed by atoms with Crippen LogP contribution in [0.2, 0.25) is 0 Å². The van der Waals surface area contributed by atoms with Crippen molar-refractivity contribution in [2.75, 3.05) is 0 Å². The zero-order chi connectivity index (χ0) is 8.15. The quantitative estimate of drug-likeness (QED) is 0.538. The summed E-state index contributed by atoms with van der Waals surface area (Å²) < 4.78 is 0. The molecule has 10 heavy (non-hydrogen) atoms. The number of primary amides is 1. The van der Waals surface area contributed by atoms with Gasteiger partial charge in [-0.1, -0.05) is 0 Å². The molecule has 1 amide bonds. The average molecular weight is 142 g/mol. The van der Waals surface area contributed by atoms with Gasteiger partial charge < -0.3 is 5.73 Å². The number of carbonyl (C=O) groups excluding carboxylic acids is 2. The highest BCUT2D eigenvalue weighted by Gasteiger charge is 2.13. The summed E-state index contributed by atoms with van der Waals surface area (Å²) in [7, 11) is 0. The summed E-state index contributed by atoms with van der Waals surface area (Å²) in [6, 6.07) is -0.655. The van der Waals surface area contributed by atoms with E-state index in [1.54, 1.807) is 0 Å². The third kappa shape index (κ3) is 2.96. The zero-order valence-corrected chi connectivity index (χ0v) is 5.83. The minimum absolute atomic E-state index is 0.0428. The van der Waals surface area contributed by atoms with E-state index in [1.165, 1.54) is 6.92 Å². The second-order valence-electron chi connectivity index (χ2n) is 1.98. The van der Waals surface area contributed by atoms with Gasteiger partial charge in [0.05, 0.1) is 6.42 Å². The van der Waals surface area contributed by atoms with Gasteiger partial charge in [0.1, 0.15) is 6.04 Å². The summed E-state index contributed by atoms with van der Waals surface area (Å²) >= 11 is 0. The van der Waals surface area contributed by atoms with Crippen LogP contribution in [-0.4, -0.2) is 24.4 Å². The van der Waals surface area contributed by atoms with Crippen LogP contribution >= 0.6 is 0 Å². The Kier molecular flexibility index (Phi) is 3.32. The van der Waals surface area contributed by atoms with E-state index >= 15 is 0 Å². The lowest BCUT2D eigenvalue weighted by Gasteiger charge is -2.02. The lowest BCUT2D eigenvalue weighted by Crippen LogP contribution is -2.23. The first kappa shape index (κ1) is 8.81. The van der Waals surface area contributed by atoms with Crippen LogP contribution in [0.5, 0.6) is 0 Å². The molecule has 0 spiro atoms. The van der Waals surface area contributed by atoms with Gasteiger partial charge in [-0.3, -0.25) is 14.6 Å². The molecule has 0 aliphatic rings. The number of rotatable bonds is 4. The fraction of sp³-hybridized carbons (Fsp3) is 0.500. The Morgan fingerprint density at radius 2 is 2.20 bits per heavy atom. The first-order valence-electron chi connectivity index (χ1n) is 2.82. The first-order valence-corrected chi connectivity index (χ1v) is 2.82. The van der Waals surface area contributed by atoms with E-state index in [0.29, 0.717) is 0 Å². The number of hydrogen-bond donors (Lipinski definition) is 1. The second-order valence-corrected chi connectivity index (χ2v) is 1.98. The Bertz CT molecular complexity index is 165. The number of Topliss-reactive ketones (excluding diaryl/α,β-unsaturated/α-hetero) is 1. The molecule has 0 saturated heterocycles. The SMILES string of the molecule is C=N[C@@H](CC(N)=O)C(C)=O. The molecule has 1 atom stereocenters. The van der Waals surface area contributed by atoms with Gasteiger partial charge in [-0.2, -0.15) is 0 Å². The molecule has 56 valence electrons. The Morgan fingerprint density at radius 1 is 1.70 bits per heavy atom. The van der Waals surface area contributed by atoms with Gasteiger partial charge in [-0.25, -0.2) is 0 Å². The number of hydrogen-bond acceptors (Lipinski definition) is 3. The van der Waals surface area contributed by atoms with Crippen LogP contribution in [0.4, 0.5) is 0 Å². The predicted molar refractivity (Wildman–Crippen MR) is 37.8 cm³/mol. The summed E-state index contributed by atoms with van der Waals surface area (Å²) in [4.78, 5) is 24.3. The molecule has 4 nitrogen and oxygen atoms in total. The smallest absolute Gasteiger partial charge is 0.220 e. The molecule has 0 aliphatic carbocycles. The zero-order valence-electron chi connectivity index (χ0n) is 5.83. The predicted octanol–water partition coefficient (Wildman–Crippen LogP) is -0.480. The number of carbonyl (C=O) groups is 2. The molecular weight excluding hydrogens is 132 g/mol. The van der Waals surface area contributed by atoms with Gasteiger partial charge in [0, 0.05) is 0 Å². The monoisotopic (exact) mass is 142 g/mol. The number of nitrogens with two attached hydrogens (primary N) is 1. The van der Waals surface area contributed by atoms with Crippen LogP contribution in [0.1, 0.15) is 13.3 Å². The van der Waals surface area contributed by atoms with Crippen molar-refractivity contribution in [1.29, 1.82) is 0 Å². The molecule has 2 N–H and O–H groups in total. The molecule has 0 bridgehead atoms. The molecule has 0 radical (unpaired) electrons. The Balaban J connectivity index is 3.96. The largest absolute Gasteiger partial charge is 0.370 e. The van der Waals surface area contributed by atoms with Crippen molar-refractivity contribution < 1.29 is 9.59 Å². The lowest BCUT2D eigenvalue weighted by molar-refractivity contribution is -0.123. The number of aliphatic imine (C=N–C) groups is 1. The maximum Gasteiger partial charge on any atom is 0.220 e. The molecule has 0 aromatic rings. The minimum atomic E-state index is -0.655. The normalized spacial score (nSPS) is 12.1. The van der Waals surface area contributed by atoms with E-state index in [0.717, 1.165) is 0 Å². The molecule has 0 fully saturated rings. The molecule has 0 unspecified atom stereocenters. The number of amides is 1. The van der Waals surface area contributed by atoms with Crippen LogP contribution in [-0.2, 0) is 9.59 Å². The number of nitrogens with zero attached hydrogens (tertiary/aromatic N) is 1. The average Bonchev–Trinajstić information content (AvgIpc) is 1.81. The van der Waals surface area contributed by atoms with Gasteiger partial charge >= 0.3 is 0 Å². The molecule has 0 aliphatic heterocycles. The van der Waals surface area contributed by atoms with E-state index in [9.17, 15) is 9.59 Å². The van der Waals surface area contributed by atoms with E-state index < -0.39 is 11.9 Å².